The molecule has 0 saturated carbocycles. The minimum atomic E-state index is -0.300. The first-order valence-corrected chi connectivity index (χ1v) is 8.78. The van der Waals surface area contributed by atoms with Crippen molar-refractivity contribution < 1.29 is 4.79 Å². The molecule has 2 aromatic rings. The summed E-state index contributed by atoms with van der Waals surface area (Å²) in [5.74, 6) is 0.501. The van der Waals surface area contributed by atoms with Crippen molar-refractivity contribution in [1.82, 2.24) is 15.2 Å². The summed E-state index contributed by atoms with van der Waals surface area (Å²) in [7, 11) is 3.86. The molecule has 0 bridgehead atoms. The van der Waals surface area contributed by atoms with E-state index in [1.165, 1.54) is 0 Å². The van der Waals surface area contributed by atoms with Crippen LogP contribution in [0.4, 0.5) is 0 Å². The van der Waals surface area contributed by atoms with E-state index in [-0.39, 0.29) is 18.0 Å². The Bertz CT molecular complexity index is 596. The summed E-state index contributed by atoms with van der Waals surface area (Å²) in [4.78, 5) is 19.2. The highest BCUT2D eigenvalue weighted by Crippen LogP contribution is 2.25. The Morgan fingerprint density at radius 1 is 1.26 bits per heavy atom. The zero-order valence-corrected chi connectivity index (χ0v) is 15.0. The highest BCUT2D eigenvalue weighted by molar-refractivity contribution is 7.09. The van der Waals surface area contributed by atoms with Gasteiger partial charge in [0.25, 0.3) is 0 Å². The largest absolute Gasteiger partial charge is 0.345 e. The first-order valence-electron chi connectivity index (χ1n) is 7.90. The molecule has 0 aliphatic rings. The first-order chi connectivity index (χ1) is 11.0. The second-order valence-electron chi connectivity index (χ2n) is 6.34. The number of nitrogens with zero attached hydrogens (tertiary/aromatic N) is 2. The van der Waals surface area contributed by atoms with Crippen LogP contribution in [-0.2, 0) is 4.79 Å². The number of thiazole rings is 1. The maximum absolute atomic E-state index is 12.9. The van der Waals surface area contributed by atoms with Crippen LogP contribution in [0.1, 0.15) is 42.9 Å². The molecule has 2 unspecified atom stereocenters. The number of likely N-dealkylation sites (N-methyl/N-ethyl adjacent to an activating group) is 1. The third-order valence-electron chi connectivity index (χ3n) is 3.65. The Morgan fingerprint density at radius 2 is 1.96 bits per heavy atom. The molecule has 1 aromatic carbocycles. The van der Waals surface area contributed by atoms with Gasteiger partial charge in [0.05, 0.1) is 6.04 Å². The summed E-state index contributed by atoms with van der Waals surface area (Å²) in [6, 6.07) is 9.54. The van der Waals surface area contributed by atoms with Gasteiger partial charge in [0.15, 0.2) is 0 Å². The molecule has 1 aromatic heterocycles. The van der Waals surface area contributed by atoms with Crippen molar-refractivity contribution in [2.24, 2.45) is 5.92 Å². The molecule has 0 saturated heterocycles. The summed E-state index contributed by atoms with van der Waals surface area (Å²) in [5.41, 5.74) is 0.998. The molecule has 1 N–H and O–H groups in total. The van der Waals surface area contributed by atoms with Crippen molar-refractivity contribution in [2.45, 2.75) is 32.4 Å². The molecule has 23 heavy (non-hydrogen) atoms. The molecule has 0 fully saturated rings. The maximum Gasteiger partial charge on any atom is 0.242 e. The van der Waals surface area contributed by atoms with Gasteiger partial charge < -0.3 is 5.32 Å². The lowest BCUT2D eigenvalue weighted by molar-refractivity contribution is -0.126. The van der Waals surface area contributed by atoms with Crippen LogP contribution in [0.3, 0.4) is 0 Å². The van der Waals surface area contributed by atoms with Crippen LogP contribution >= 0.6 is 11.3 Å². The molecule has 0 radical (unpaired) electrons. The highest BCUT2D eigenvalue weighted by Gasteiger charge is 2.26. The predicted molar refractivity (Wildman–Crippen MR) is 95.3 cm³/mol. The Labute approximate surface area is 142 Å². The molecule has 124 valence electrons. The molecular formula is C18H25N3OS. The van der Waals surface area contributed by atoms with Crippen molar-refractivity contribution >= 4 is 17.2 Å². The Hall–Kier alpha value is -1.72. The lowest BCUT2D eigenvalue weighted by atomic mass is 10.0. The minimum Gasteiger partial charge on any atom is -0.345 e. The van der Waals surface area contributed by atoms with Crippen molar-refractivity contribution in [3.05, 3.63) is 52.5 Å². The summed E-state index contributed by atoms with van der Waals surface area (Å²) in [5, 5.41) is 6.12. The molecule has 5 heteroatoms. The lowest BCUT2D eigenvalue weighted by Crippen LogP contribution is -2.39. The van der Waals surface area contributed by atoms with E-state index < -0.39 is 0 Å². The Kier molecular flexibility index (Phi) is 6.30. The van der Waals surface area contributed by atoms with Gasteiger partial charge >= 0.3 is 0 Å². The first kappa shape index (κ1) is 17.6. The monoisotopic (exact) mass is 331 g/mol. The SMILES string of the molecule is CC(C)CC(NC(=O)C(c1ccccc1)N(C)C)c1nccs1. The number of amides is 1. The fourth-order valence-electron chi connectivity index (χ4n) is 2.67. The molecule has 2 rings (SSSR count). The van der Waals surface area contributed by atoms with Gasteiger partial charge in [-0.15, -0.1) is 11.3 Å². The van der Waals surface area contributed by atoms with Crippen LogP contribution in [0, 0.1) is 5.92 Å². The Balaban J connectivity index is 2.19. The van der Waals surface area contributed by atoms with E-state index in [1.807, 2.05) is 54.7 Å². The number of rotatable bonds is 7. The Morgan fingerprint density at radius 3 is 2.48 bits per heavy atom. The topological polar surface area (TPSA) is 45.2 Å². The fourth-order valence-corrected chi connectivity index (χ4v) is 3.37. The second-order valence-corrected chi connectivity index (χ2v) is 7.26. The molecule has 1 amide bonds. The third kappa shape index (κ3) is 4.88. The van der Waals surface area contributed by atoms with Gasteiger partial charge in [-0.05, 0) is 32.0 Å². The normalized spacial score (nSPS) is 14.0. The highest BCUT2D eigenvalue weighted by atomic mass is 32.1. The quantitative estimate of drug-likeness (QED) is 0.842. The van der Waals surface area contributed by atoms with Gasteiger partial charge in [-0.2, -0.15) is 0 Å². The molecular weight excluding hydrogens is 306 g/mol. The van der Waals surface area contributed by atoms with Crippen LogP contribution < -0.4 is 5.32 Å². The van der Waals surface area contributed by atoms with Gasteiger partial charge in [-0.25, -0.2) is 4.98 Å². The van der Waals surface area contributed by atoms with Gasteiger partial charge in [-0.3, -0.25) is 9.69 Å². The number of nitrogens with one attached hydrogen (secondary N) is 1. The molecule has 1 heterocycles. The van der Waals surface area contributed by atoms with Crippen molar-refractivity contribution in [3.8, 4) is 0 Å². The molecule has 0 aliphatic heterocycles. The van der Waals surface area contributed by atoms with Crippen LogP contribution in [0.25, 0.3) is 0 Å². The van der Waals surface area contributed by atoms with E-state index in [9.17, 15) is 4.79 Å². The molecule has 0 spiro atoms. The van der Waals surface area contributed by atoms with Crippen molar-refractivity contribution in [2.75, 3.05) is 14.1 Å². The number of hydrogen-bond acceptors (Lipinski definition) is 4. The van der Waals surface area contributed by atoms with Gasteiger partial charge in [-0.1, -0.05) is 44.2 Å². The van der Waals surface area contributed by atoms with E-state index in [0.29, 0.717) is 5.92 Å². The number of benzene rings is 1. The molecule has 4 nitrogen and oxygen atoms in total. The summed E-state index contributed by atoms with van der Waals surface area (Å²) >= 11 is 1.59. The average Bonchev–Trinajstić information content (AvgIpc) is 3.01. The zero-order valence-electron chi connectivity index (χ0n) is 14.2. The van der Waals surface area contributed by atoms with E-state index in [0.717, 1.165) is 17.0 Å². The predicted octanol–water partition coefficient (Wildman–Crippen LogP) is 3.65. The van der Waals surface area contributed by atoms with Crippen LogP contribution in [0.5, 0.6) is 0 Å². The van der Waals surface area contributed by atoms with Crippen LogP contribution in [0.15, 0.2) is 41.9 Å². The fraction of sp³-hybridized carbons (Fsp3) is 0.444. The van der Waals surface area contributed by atoms with E-state index in [4.69, 9.17) is 0 Å². The number of carbonyl (C=O) groups excluding carboxylic acids is 1. The number of aromatic nitrogens is 1. The van der Waals surface area contributed by atoms with Crippen molar-refractivity contribution in [1.29, 1.82) is 0 Å². The van der Waals surface area contributed by atoms with Gasteiger partial charge in [0.1, 0.15) is 11.0 Å². The van der Waals surface area contributed by atoms with E-state index >= 15 is 0 Å². The maximum atomic E-state index is 12.9. The van der Waals surface area contributed by atoms with Crippen LogP contribution in [0.2, 0.25) is 0 Å². The average molecular weight is 331 g/mol. The summed E-state index contributed by atoms with van der Waals surface area (Å²) in [6.45, 7) is 4.32. The van der Waals surface area contributed by atoms with Gasteiger partial charge in [0.2, 0.25) is 5.91 Å². The van der Waals surface area contributed by atoms with Crippen LogP contribution in [-0.4, -0.2) is 29.9 Å². The molecule has 0 aliphatic carbocycles. The minimum absolute atomic E-state index is 0.0158. The van der Waals surface area contributed by atoms with E-state index in [2.05, 4.69) is 24.1 Å². The smallest absolute Gasteiger partial charge is 0.242 e. The lowest BCUT2D eigenvalue weighted by Gasteiger charge is -2.27. The number of carbonyl (C=O) groups is 1. The number of hydrogen-bond donors (Lipinski definition) is 1. The molecule has 2 atom stereocenters. The second kappa shape index (κ2) is 8.22. The van der Waals surface area contributed by atoms with E-state index in [1.54, 1.807) is 17.5 Å². The van der Waals surface area contributed by atoms with Crippen molar-refractivity contribution in [3.63, 3.8) is 0 Å². The zero-order chi connectivity index (χ0) is 16.8. The van der Waals surface area contributed by atoms with Gasteiger partial charge in [0, 0.05) is 11.6 Å². The standard InChI is InChI=1S/C18H25N3OS/c1-13(2)12-15(18-19-10-11-23-18)20-17(22)16(21(3)4)14-8-6-5-7-9-14/h5-11,13,15-16H,12H2,1-4H3,(H,20,22). The third-order valence-corrected chi connectivity index (χ3v) is 4.54. The summed E-state index contributed by atoms with van der Waals surface area (Å²) < 4.78 is 0. The summed E-state index contributed by atoms with van der Waals surface area (Å²) in [6.07, 6.45) is 2.67.